The number of hydrogen-bond acceptors (Lipinski definition) is 3. The SMILES string of the molecule is Cc1ccc(C2(C3CC(N)C3)COC2)o1. The van der Waals surface area contributed by atoms with Crippen LogP contribution in [0.1, 0.15) is 24.4 Å². The third-order valence-electron chi connectivity index (χ3n) is 3.91. The first-order valence-corrected chi connectivity index (χ1v) is 5.61. The molecule has 0 radical (unpaired) electrons. The number of ether oxygens (including phenoxy) is 1. The Balaban J connectivity index is 1.86. The van der Waals surface area contributed by atoms with Gasteiger partial charge in [-0.3, -0.25) is 0 Å². The quantitative estimate of drug-likeness (QED) is 0.801. The molecule has 2 N–H and O–H groups in total. The molecule has 0 atom stereocenters. The molecule has 1 saturated heterocycles. The summed E-state index contributed by atoms with van der Waals surface area (Å²) in [7, 11) is 0. The maximum atomic E-state index is 5.86. The van der Waals surface area contributed by atoms with Crippen LogP contribution in [0.15, 0.2) is 16.5 Å². The summed E-state index contributed by atoms with van der Waals surface area (Å²) in [5, 5.41) is 0. The van der Waals surface area contributed by atoms with E-state index in [9.17, 15) is 0 Å². The molecule has 2 aliphatic rings. The lowest BCUT2D eigenvalue weighted by Crippen LogP contribution is -2.58. The molecule has 2 fully saturated rings. The second kappa shape index (κ2) is 3.09. The van der Waals surface area contributed by atoms with Crippen molar-refractivity contribution in [2.45, 2.75) is 31.2 Å². The highest BCUT2D eigenvalue weighted by Gasteiger charge is 2.53. The summed E-state index contributed by atoms with van der Waals surface area (Å²) in [6, 6.07) is 4.53. The van der Waals surface area contributed by atoms with Gasteiger partial charge in [-0.25, -0.2) is 0 Å². The number of nitrogens with two attached hydrogens (primary N) is 1. The minimum absolute atomic E-state index is 0.143. The Morgan fingerprint density at radius 1 is 1.33 bits per heavy atom. The van der Waals surface area contributed by atoms with E-state index in [4.69, 9.17) is 14.9 Å². The van der Waals surface area contributed by atoms with Gasteiger partial charge in [-0.15, -0.1) is 0 Å². The predicted molar refractivity (Wildman–Crippen MR) is 56.6 cm³/mol. The first kappa shape index (κ1) is 9.43. The van der Waals surface area contributed by atoms with E-state index in [0.717, 1.165) is 37.6 Å². The van der Waals surface area contributed by atoms with E-state index < -0.39 is 0 Å². The molecule has 0 bridgehead atoms. The van der Waals surface area contributed by atoms with Gasteiger partial charge in [0.15, 0.2) is 0 Å². The van der Waals surface area contributed by atoms with Crippen LogP contribution in [0.5, 0.6) is 0 Å². The topological polar surface area (TPSA) is 48.4 Å². The summed E-state index contributed by atoms with van der Waals surface area (Å²) in [6.45, 7) is 3.60. The molecule has 3 rings (SSSR count). The molecule has 3 nitrogen and oxygen atoms in total. The van der Waals surface area contributed by atoms with Crippen LogP contribution in [-0.2, 0) is 10.2 Å². The van der Waals surface area contributed by atoms with Crippen LogP contribution in [-0.4, -0.2) is 19.3 Å². The van der Waals surface area contributed by atoms with Gasteiger partial charge in [-0.2, -0.15) is 0 Å². The predicted octanol–water partition coefficient (Wildman–Crippen LogP) is 1.59. The van der Waals surface area contributed by atoms with Gasteiger partial charge in [0.25, 0.3) is 0 Å². The van der Waals surface area contributed by atoms with E-state index in [1.807, 2.05) is 13.0 Å². The molecule has 0 aromatic carbocycles. The summed E-state index contributed by atoms with van der Waals surface area (Å²) in [6.07, 6.45) is 2.23. The molecular formula is C12H17NO2. The Bertz CT molecular complexity index is 361. The van der Waals surface area contributed by atoms with Gasteiger partial charge in [0.05, 0.1) is 18.6 Å². The van der Waals surface area contributed by atoms with E-state index in [1.165, 1.54) is 0 Å². The Hall–Kier alpha value is -0.800. The van der Waals surface area contributed by atoms with Crippen LogP contribution >= 0.6 is 0 Å². The molecule has 2 heterocycles. The molecule has 1 aromatic rings. The third-order valence-corrected chi connectivity index (χ3v) is 3.91. The first-order valence-electron chi connectivity index (χ1n) is 5.61. The van der Waals surface area contributed by atoms with Crippen molar-refractivity contribution in [2.24, 2.45) is 11.7 Å². The van der Waals surface area contributed by atoms with Crippen molar-refractivity contribution in [3.05, 3.63) is 23.7 Å². The smallest absolute Gasteiger partial charge is 0.115 e. The molecule has 3 heteroatoms. The normalized spacial score (nSPS) is 33.2. The minimum atomic E-state index is 0.143. The van der Waals surface area contributed by atoms with Crippen LogP contribution < -0.4 is 5.73 Å². The Kier molecular flexibility index (Phi) is 1.94. The Morgan fingerprint density at radius 3 is 2.47 bits per heavy atom. The number of aryl methyl sites for hydroxylation is 1. The largest absolute Gasteiger partial charge is 0.466 e. The maximum absolute atomic E-state index is 5.86. The second-order valence-corrected chi connectivity index (χ2v) is 4.99. The number of rotatable bonds is 2. The zero-order chi connectivity index (χ0) is 10.5. The molecular weight excluding hydrogens is 190 g/mol. The molecule has 0 unspecified atom stereocenters. The van der Waals surface area contributed by atoms with Crippen molar-refractivity contribution >= 4 is 0 Å². The van der Waals surface area contributed by atoms with Gasteiger partial charge in [0.2, 0.25) is 0 Å². The van der Waals surface area contributed by atoms with Gasteiger partial charge in [-0.1, -0.05) is 0 Å². The van der Waals surface area contributed by atoms with Crippen molar-refractivity contribution in [1.82, 2.24) is 0 Å². The van der Waals surface area contributed by atoms with Crippen molar-refractivity contribution in [1.29, 1.82) is 0 Å². The van der Waals surface area contributed by atoms with Crippen molar-refractivity contribution in [3.63, 3.8) is 0 Å². The lowest BCUT2D eigenvalue weighted by atomic mass is 9.61. The van der Waals surface area contributed by atoms with E-state index >= 15 is 0 Å². The fraction of sp³-hybridized carbons (Fsp3) is 0.667. The maximum Gasteiger partial charge on any atom is 0.115 e. The average Bonchev–Trinajstić information content (AvgIpc) is 2.47. The fourth-order valence-corrected chi connectivity index (χ4v) is 2.72. The molecule has 1 aliphatic carbocycles. The highest BCUT2D eigenvalue weighted by atomic mass is 16.5. The second-order valence-electron chi connectivity index (χ2n) is 4.99. The number of furan rings is 1. The highest BCUT2D eigenvalue weighted by Crippen LogP contribution is 2.48. The van der Waals surface area contributed by atoms with E-state index in [-0.39, 0.29) is 5.41 Å². The van der Waals surface area contributed by atoms with Crippen molar-refractivity contribution in [3.8, 4) is 0 Å². The molecule has 1 aromatic heterocycles. The Labute approximate surface area is 89.6 Å². The Morgan fingerprint density at radius 2 is 2.07 bits per heavy atom. The lowest BCUT2D eigenvalue weighted by molar-refractivity contribution is -0.120. The summed E-state index contributed by atoms with van der Waals surface area (Å²) in [4.78, 5) is 0. The third kappa shape index (κ3) is 1.26. The van der Waals surface area contributed by atoms with Crippen LogP contribution in [0.2, 0.25) is 0 Å². The van der Waals surface area contributed by atoms with Gasteiger partial charge < -0.3 is 14.9 Å². The number of hydrogen-bond donors (Lipinski definition) is 1. The zero-order valence-electron chi connectivity index (χ0n) is 9.03. The molecule has 1 saturated carbocycles. The zero-order valence-corrected chi connectivity index (χ0v) is 9.03. The van der Waals surface area contributed by atoms with Gasteiger partial charge in [0.1, 0.15) is 11.5 Å². The van der Waals surface area contributed by atoms with Crippen molar-refractivity contribution in [2.75, 3.05) is 13.2 Å². The summed E-state index contributed by atoms with van der Waals surface area (Å²) < 4.78 is 11.2. The van der Waals surface area contributed by atoms with Crippen LogP contribution in [0, 0.1) is 12.8 Å². The summed E-state index contributed by atoms with van der Waals surface area (Å²) in [5.74, 6) is 2.75. The molecule has 15 heavy (non-hydrogen) atoms. The summed E-state index contributed by atoms with van der Waals surface area (Å²) in [5.41, 5.74) is 6.00. The van der Waals surface area contributed by atoms with Crippen LogP contribution in [0.4, 0.5) is 0 Å². The van der Waals surface area contributed by atoms with E-state index in [0.29, 0.717) is 12.0 Å². The van der Waals surface area contributed by atoms with Crippen molar-refractivity contribution < 1.29 is 9.15 Å². The molecule has 1 aliphatic heterocycles. The standard InChI is InChI=1S/C12H17NO2/c1-8-2-3-11(15-8)12(6-14-7-12)9-4-10(13)5-9/h2-3,9-10H,4-7,13H2,1H3. The monoisotopic (exact) mass is 207 g/mol. The summed E-state index contributed by atoms with van der Waals surface area (Å²) >= 11 is 0. The van der Waals surface area contributed by atoms with E-state index in [2.05, 4.69) is 6.07 Å². The van der Waals surface area contributed by atoms with E-state index in [1.54, 1.807) is 0 Å². The van der Waals surface area contributed by atoms with Gasteiger partial charge in [0, 0.05) is 6.04 Å². The molecule has 0 amide bonds. The van der Waals surface area contributed by atoms with Crippen LogP contribution in [0.25, 0.3) is 0 Å². The highest BCUT2D eigenvalue weighted by molar-refractivity contribution is 5.23. The fourth-order valence-electron chi connectivity index (χ4n) is 2.72. The molecule has 0 spiro atoms. The van der Waals surface area contributed by atoms with Gasteiger partial charge >= 0.3 is 0 Å². The first-order chi connectivity index (χ1) is 7.21. The van der Waals surface area contributed by atoms with Gasteiger partial charge in [-0.05, 0) is 37.8 Å². The average molecular weight is 207 g/mol. The molecule has 82 valence electrons. The minimum Gasteiger partial charge on any atom is -0.466 e. The lowest BCUT2D eigenvalue weighted by Gasteiger charge is -2.51. The van der Waals surface area contributed by atoms with Crippen LogP contribution in [0.3, 0.4) is 0 Å².